The number of rotatable bonds is 4. The maximum Gasteiger partial charge on any atom is 0.310 e. The van der Waals surface area contributed by atoms with Crippen molar-refractivity contribution in [2.24, 2.45) is 0 Å². The summed E-state index contributed by atoms with van der Waals surface area (Å²) >= 11 is 0. The van der Waals surface area contributed by atoms with Crippen LogP contribution in [0.15, 0.2) is 42.5 Å². The first-order valence-corrected chi connectivity index (χ1v) is 9.42. The molecular weight excluding hydrogens is 389 g/mol. The van der Waals surface area contributed by atoms with Crippen LogP contribution < -0.4 is 4.90 Å². The largest absolute Gasteiger partial charge is 0.506 e. The van der Waals surface area contributed by atoms with E-state index >= 15 is 0 Å². The maximum absolute atomic E-state index is 14.8. The first-order valence-electron chi connectivity index (χ1n) is 9.42. The number of benzene rings is 3. The lowest BCUT2D eigenvalue weighted by Gasteiger charge is -2.15. The van der Waals surface area contributed by atoms with Gasteiger partial charge in [0.1, 0.15) is 11.6 Å². The van der Waals surface area contributed by atoms with E-state index in [9.17, 15) is 23.9 Å². The third-order valence-electron chi connectivity index (χ3n) is 5.19. The number of carbonyl (C=O) groups excluding carboxylic acids is 3. The summed E-state index contributed by atoms with van der Waals surface area (Å²) in [6.07, 6.45) is -0.127. The first kappa shape index (κ1) is 19.6. The highest BCUT2D eigenvalue weighted by molar-refractivity contribution is 6.37. The van der Waals surface area contributed by atoms with E-state index < -0.39 is 23.6 Å². The van der Waals surface area contributed by atoms with Crippen LogP contribution in [0.25, 0.3) is 10.8 Å². The zero-order valence-electron chi connectivity index (χ0n) is 16.4. The Labute approximate surface area is 171 Å². The van der Waals surface area contributed by atoms with Crippen molar-refractivity contribution in [3.63, 3.8) is 0 Å². The van der Waals surface area contributed by atoms with Crippen LogP contribution in [0.1, 0.15) is 38.8 Å². The van der Waals surface area contributed by atoms with E-state index in [1.807, 2.05) is 0 Å². The topological polar surface area (TPSA) is 83.9 Å². The van der Waals surface area contributed by atoms with Gasteiger partial charge in [0.15, 0.2) is 0 Å². The van der Waals surface area contributed by atoms with Crippen molar-refractivity contribution in [1.82, 2.24) is 0 Å². The van der Waals surface area contributed by atoms with Crippen LogP contribution >= 0.6 is 0 Å². The lowest BCUT2D eigenvalue weighted by Crippen LogP contribution is -2.30. The number of ether oxygens (including phenoxy) is 1. The zero-order chi connectivity index (χ0) is 21.6. The summed E-state index contributed by atoms with van der Waals surface area (Å²) in [5.41, 5.74) is 0.587. The van der Waals surface area contributed by atoms with Crippen LogP contribution in [0.3, 0.4) is 0 Å². The van der Waals surface area contributed by atoms with E-state index in [0.717, 1.165) is 11.0 Å². The lowest BCUT2D eigenvalue weighted by molar-refractivity contribution is -0.142. The molecule has 0 unspecified atom stereocenters. The molecule has 0 bridgehead atoms. The molecule has 1 heterocycles. The molecule has 1 N–H and O–H groups in total. The van der Waals surface area contributed by atoms with Gasteiger partial charge in [-0.05, 0) is 42.5 Å². The molecule has 1 aliphatic heterocycles. The van der Waals surface area contributed by atoms with Crippen LogP contribution in [0.4, 0.5) is 10.1 Å². The highest BCUT2D eigenvalue weighted by Crippen LogP contribution is 2.41. The Morgan fingerprint density at radius 1 is 1.07 bits per heavy atom. The van der Waals surface area contributed by atoms with Crippen molar-refractivity contribution >= 4 is 34.2 Å². The number of esters is 1. The number of phenolic OH excluding ortho intramolecular Hbond substituents is 1. The van der Waals surface area contributed by atoms with Gasteiger partial charge < -0.3 is 9.84 Å². The van der Waals surface area contributed by atoms with Gasteiger partial charge in [-0.3, -0.25) is 14.4 Å². The Kier molecular flexibility index (Phi) is 4.73. The van der Waals surface area contributed by atoms with Gasteiger partial charge in [-0.2, -0.15) is 0 Å². The number of aromatic hydroxyl groups is 1. The molecule has 0 aliphatic carbocycles. The lowest BCUT2D eigenvalue weighted by atomic mass is 9.95. The Morgan fingerprint density at radius 2 is 1.73 bits per heavy atom. The number of hydrogen-bond donors (Lipinski definition) is 1. The summed E-state index contributed by atoms with van der Waals surface area (Å²) < 4.78 is 19.7. The van der Waals surface area contributed by atoms with Gasteiger partial charge >= 0.3 is 5.97 Å². The summed E-state index contributed by atoms with van der Waals surface area (Å²) in [6, 6.07) is 10.7. The minimum absolute atomic E-state index is 0.0613. The molecule has 0 atom stereocenters. The third kappa shape index (κ3) is 2.90. The average molecular weight is 407 g/mol. The number of halogens is 1. The van der Waals surface area contributed by atoms with E-state index in [2.05, 4.69) is 0 Å². The van der Waals surface area contributed by atoms with Crippen LogP contribution in [-0.4, -0.2) is 29.5 Å². The van der Waals surface area contributed by atoms with E-state index in [1.165, 1.54) is 12.1 Å². The predicted octanol–water partition coefficient (Wildman–Crippen LogP) is 3.90. The van der Waals surface area contributed by atoms with E-state index in [1.54, 1.807) is 38.1 Å². The zero-order valence-corrected chi connectivity index (χ0v) is 16.4. The van der Waals surface area contributed by atoms with Crippen molar-refractivity contribution in [1.29, 1.82) is 0 Å². The van der Waals surface area contributed by atoms with Gasteiger partial charge in [0.05, 0.1) is 29.8 Å². The minimum atomic E-state index is -0.826. The number of hydrogen-bond acceptors (Lipinski definition) is 5. The number of carbonyl (C=O) groups is 3. The van der Waals surface area contributed by atoms with Crippen LogP contribution in [0.5, 0.6) is 5.75 Å². The second kappa shape index (κ2) is 7.26. The molecule has 0 radical (unpaired) electrons. The molecule has 3 aromatic carbocycles. The fraction of sp³-hybridized carbons (Fsp3) is 0.174. The molecule has 30 heavy (non-hydrogen) atoms. The number of amides is 2. The van der Waals surface area contributed by atoms with Crippen molar-refractivity contribution in [3.8, 4) is 5.75 Å². The van der Waals surface area contributed by atoms with Gasteiger partial charge in [-0.15, -0.1) is 0 Å². The normalized spacial score (nSPS) is 13.1. The average Bonchev–Trinajstić information content (AvgIpc) is 2.97. The highest BCUT2D eigenvalue weighted by Gasteiger charge is 2.42. The van der Waals surface area contributed by atoms with Gasteiger partial charge in [0, 0.05) is 5.39 Å². The summed E-state index contributed by atoms with van der Waals surface area (Å²) in [4.78, 5) is 38.4. The Bertz CT molecular complexity index is 1170. The van der Waals surface area contributed by atoms with E-state index in [4.69, 9.17) is 4.74 Å². The SMILES string of the molecule is CCOC(=O)Cc1ccc(N2C(=O)c3c(c(O)c4ccccc4c3C)C2=O)c(F)c1. The van der Waals surface area contributed by atoms with Gasteiger partial charge in [0.25, 0.3) is 11.8 Å². The molecule has 1 aliphatic rings. The third-order valence-corrected chi connectivity index (χ3v) is 5.19. The summed E-state index contributed by atoms with van der Waals surface area (Å²) in [5.74, 6) is -3.12. The Morgan fingerprint density at radius 3 is 2.40 bits per heavy atom. The molecule has 2 amide bonds. The second-order valence-electron chi connectivity index (χ2n) is 6.98. The fourth-order valence-electron chi connectivity index (χ4n) is 3.82. The Hall–Kier alpha value is -3.74. The van der Waals surface area contributed by atoms with E-state index in [-0.39, 0.29) is 35.6 Å². The Balaban J connectivity index is 1.78. The number of aryl methyl sites for hydroxylation is 1. The monoisotopic (exact) mass is 407 g/mol. The van der Waals surface area contributed by atoms with Crippen molar-refractivity contribution in [3.05, 3.63) is 70.5 Å². The number of anilines is 1. The highest BCUT2D eigenvalue weighted by atomic mass is 19.1. The second-order valence-corrected chi connectivity index (χ2v) is 6.98. The molecule has 0 saturated carbocycles. The van der Waals surface area contributed by atoms with Gasteiger partial charge in [-0.25, -0.2) is 9.29 Å². The molecule has 6 nitrogen and oxygen atoms in total. The fourth-order valence-corrected chi connectivity index (χ4v) is 3.82. The van der Waals surface area contributed by atoms with Crippen LogP contribution in [0, 0.1) is 12.7 Å². The molecule has 3 aromatic rings. The predicted molar refractivity (Wildman–Crippen MR) is 108 cm³/mol. The molecule has 7 heteroatoms. The molecule has 152 valence electrons. The number of phenols is 1. The van der Waals surface area contributed by atoms with Crippen molar-refractivity contribution < 1.29 is 28.6 Å². The van der Waals surface area contributed by atoms with Crippen molar-refractivity contribution in [2.75, 3.05) is 11.5 Å². The number of nitrogens with zero attached hydrogens (tertiary/aromatic N) is 1. The molecule has 0 spiro atoms. The molecule has 0 fully saturated rings. The smallest absolute Gasteiger partial charge is 0.310 e. The van der Waals surface area contributed by atoms with Crippen molar-refractivity contribution in [2.45, 2.75) is 20.3 Å². The maximum atomic E-state index is 14.8. The molecule has 0 saturated heterocycles. The number of fused-ring (bicyclic) bond motifs is 2. The summed E-state index contributed by atoms with van der Waals surface area (Å²) in [6.45, 7) is 3.57. The standard InChI is InChI=1S/C23H18FNO5/c1-3-30-18(26)11-13-8-9-17(16(24)10-13)25-22(28)19-12(2)14-6-4-5-7-15(14)21(27)20(19)23(25)29/h4-10,27H,3,11H2,1-2H3. The quantitative estimate of drug-likeness (QED) is 0.524. The summed E-state index contributed by atoms with van der Waals surface area (Å²) in [5, 5.41) is 11.8. The molecule has 0 aromatic heterocycles. The minimum Gasteiger partial charge on any atom is -0.506 e. The van der Waals surface area contributed by atoms with E-state index in [0.29, 0.717) is 21.9 Å². The van der Waals surface area contributed by atoms with Crippen LogP contribution in [-0.2, 0) is 16.0 Å². The van der Waals surface area contributed by atoms with Gasteiger partial charge in [-0.1, -0.05) is 30.3 Å². The first-order chi connectivity index (χ1) is 14.3. The van der Waals surface area contributed by atoms with Gasteiger partial charge in [0.2, 0.25) is 0 Å². The molecular formula is C23H18FNO5. The molecule has 4 rings (SSSR count). The number of imide groups is 1. The summed E-state index contributed by atoms with van der Waals surface area (Å²) in [7, 11) is 0. The van der Waals surface area contributed by atoms with Crippen LogP contribution in [0.2, 0.25) is 0 Å².